The van der Waals surface area contributed by atoms with Crippen LogP contribution in [0.5, 0.6) is 0 Å². The number of hydrogen-bond donors (Lipinski definition) is 1. The third-order valence-electron chi connectivity index (χ3n) is 3.17. The molecule has 1 heterocycles. The predicted octanol–water partition coefficient (Wildman–Crippen LogP) is 3.69. The Hall–Kier alpha value is -1.43. The van der Waals surface area contributed by atoms with Crippen molar-refractivity contribution in [3.63, 3.8) is 0 Å². The zero-order valence-corrected chi connectivity index (χ0v) is 14.4. The van der Waals surface area contributed by atoms with Gasteiger partial charge in [0.2, 0.25) is 0 Å². The molecule has 1 N–H and O–H groups in total. The van der Waals surface area contributed by atoms with Crippen molar-refractivity contribution in [2.45, 2.75) is 32.9 Å². The predicted molar refractivity (Wildman–Crippen MR) is 90.4 cm³/mol. The van der Waals surface area contributed by atoms with E-state index in [1.165, 1.54) is 11.3 Å². The largest absolute Gasteiger partial charge is 0.392 e. The van der Waals surface area contributed by atoms with Gasteiger partial charge in [-0.2, -0.15) is 0 Å². The zero-order valence-electron chi connectivity index (χ0n) is 12.8. The molecular weight excluding hydrogens is 320 g/mol. The van der Waals surface area contributed by atoms with Gasteiger partial charge in [-0.15, -0.1) is 11.3 Å². The fourth-order valence-corrected chi connectivity index (χ4v) is 3.28. The van der Waals surface area contributed by atoms with Gasteiger partial charge in [0, 0.05) is 18.2 Å². The maximum absolute atomic E-state index is 12.6. The van der Waals surface area contributed by atoms with Crippen LogP contribution in [0.1, 0.15) is 30.4 Å². The lowest BCUT2D eigenvalue weighted by molar-refractivity contribution is 0.0583. The Kier molecular flexibility index (Phi) is 5.56. The van der Waals surface area contributed by atoms with E-state index in [9.17, 15) is 9.90 Å². The summed E-state index contributed by atoms with van der Waals surface area (Å²) in [6, 6.07) is 7.43. The molecule has 6 heteroatoms. The first kappa shape index (κ1) is 16.9. The molecule has 0 aliphatic heterocycles. The second-order valence-electron chi connectivity index (χ2n) is 5.41. The summed E-state index contributed by atoms with van der Waals surface area (Å²) >= 11 is 7.48. The highest BCUT2D eigenvalue weighted by Crippen LogP contribution is 2.31. The summed E-state index contributed by atoms with van der Waals surface area (Å²) in [5, 5.41) is 10.9. The van der Waals surface area contributed by atoms with E-state index in [0.29, 0.717) is 16.4 Å². The van der Waals surface area contributed by atoms with Crippen LogP contribution in [0.25, 0.3) is 10.6 Å². The van der Waals surface area contributed by atoms with Crippen LogP contribution in [-0.4, -0.2) is 39.6 Å². The maximum Gasteiger partial charge on any atom is 0.265 e. The van der Waals surface area contributed by atoms with Gasteiger partial charge in [-0.25, -0.2) is 4.98 Å². The fraction of sp³-hybridized carbons (Fsp3) is 0.375. The molecule has 1 unspecified atom stereocenters. The molecule has 2 aromatic rings. The van der Waals surface area contributed by atoms with Gasteiger partial charge in [0.1, 0.15) is 9.88 Å². The van der Waals surface area contributed by atoms with Crippen LogP contribution in [0.15, 0.2) is 30.5 Å². The van der Waals surface area contributed by atoms with Gasteiger partial charge in [-0.1, -0.05) is 29.8 Å². The van der Waals surface area contributed by atoms with Gasteiger partial charge in [-0.05, 0) is 26.8 Å². The van der Waals surface area contributed by atoms with Gasteiger partial charge in [0.25, 0.3) is 5.91 Å². The highest BCUT2D eigenvalue weighted by Gasteiger charge is 2.22. The Labute approximate surface area is 139 Å². The van der Waals surface area contributed by atoms with E-state index in [0.717, 1.165) is 10.6 Å². The Bertz CT molecular complexity index is 655. The number of aromatic nitrogens is 1. The van der Waals surface area contributed by atoms with Gasteiger partial charge < -0.3 is 10.0 Å². The number of rotatable bonds is 5. The molecule has 0 aliphatic carbocycles. The summed E-state index contributed by atoms with van der Waals surface area (Å²) in [7, 11) is 0. The number of carbonyl (C=O) groups excluding carboxylic acids is 1. The van der Waals surface area contributed by atoms with Crippen LogP contribution < -0.4 is 0 Å². The Morgan fingerprint density at radius 1 is 1.36 bits per heavy atom. The summed E-state index contributed by atoms with van der Waals surface area (Å²) in [4.78, 5) is 19.1. The Morgan fingerprint density at radius 2 is 2.05 bits per heavy atom. The number of carbonyl (C=O) groups is 1. The van der Waals surface area contributed by atoms with E-state index in [2.05, 4.69) is 4.98 Å². The molecule has 4 nitrogen and oxygen atoms in total. The highest BCUT2D eigenvalue weighted by atomic mass is 35.5. The minimum atomic E-state index is -0.567. The monoisotopic (exact) mass is 338 g/mol. The van der Waals surface area contributed by atoms with E-state index >= 15 is 0 Å². The minimum absolute atomic E-state index is 0.00737. The Morgan fingerprint density at radius 3 is 2.64 bits per heavy atom. The number of aliphatic hydroxyl groups is 1. The normalized spacial score (nSPS) is 12.5. The van der Waals surface area contributed by atoms with Gasteiger partial charge in [0.15, 0.2) is 0 Å². The number of benzene rings is 1. The summed E-state index contributed by atoms with van der Waals surface area (Å²) in [6.45, 7) is 5.83. The van der Waals surface area contributed by atoms with Crippen molar-refractivity contribution in [2.24, 2.45) is 0 Å². The summed E-state index contributed by atoms with van der Waals surface area (Å²) in [5.41, 5.74) is 0.819. The van der Waals surface area contributed by atoms with Gasteiger partial charge >= 0.3 is 0 Å². The highest BCUT2D eigenvalue weighted by molar-refractivity contribution is 7.17. The van der Waals surface area contributed by atoms with E-state index in [1.54, 1.807) is 24.1 Å². The average Bonchev–Trinajstić information content (AvgIpc) is 2.93. The van der Waals surface area contributed by atoms with Crippen molar-refractivity contribution in [2.75, 3.05) is 6.54 Å². The van der Waals surface area contributed by atoms with E-state index < -0.39 is 6.10 Å². The molecule has 0 bridgehead atoms. The van der Waals surface area contributed by atoms with Crippen LogP contribution in [0, 0.1) is 0 Å². The van der Waals surface area contributed by atoms with Gasteiger partial charge in [-0.3, -0.25) is 4.79 Å². The SMILES string of the molecule is CC(O)CN(C(=O)c1cnc(-c2ccccc2Cl)s1)C(C)C. The number of halogens is 1. The van der Waals surface area contributed by atoms with Crippen LogP contribution in [0.3, 0.4) is 0 Å². The maximum atomic E-state index is 12.6. The third kappa shape index (κ3) is 3.85. The quantitative estimate of drug-likeness (QED) is 0.904. The molecule has 0 saturated heterocycles. The molecule has 0 aliphatic rings. The number of thiazole rings is 1. The van der Waals surface area contributed by atoms with Crippen molar-refractivity contribution < 1.29 is 9.90 Å². The summed E-state index contributed by atoms with van der Waals surface area (Å²) in [6.07, 6.45) is 1.01. The topological polar surface area (TPSA) is 53.4 Å². The lowest BCUT2D eigenvalue weighted by Crippen LogP contribution is -2.41. The molecule has 22 heavy (non-hydrogen) atoms. The number of amides is 1. The number of aliphatic hydroxyl groups excluding tert-OH is 1. The standard InChI is InChI=1S/C16H19ClN2O2S/c1-10(2)19(9-11(3)20)16(21)14-8-18-15(22-14)12-6-4-5-7-13(12)17/h4-8,10-11,20H,9H2,1-3H3. The van der Waals surface area contributed by atoms with Crippen molar-refractivity contribution in [3.8, 4) is 10.6 Å². The minimum Gasteiger partial charge on any atom is -0.392 e. The first-order valence-corrected chi connectivity index (χ1v) is 8.29. The molecule has 0 radical (unpaired) electrons. The molecule has 1 atom stereocenters. The smallest absolute Gasteiger partial charge is 0.265 e. The van der Waals surface area contributed by atoms with Gasteiger partial charge in [0.05, 0.1) is 17.3 Å². The van der Waals surface area contributed by atoms with Crippen LogP contribution in [0.4, 0.5) is 0 Å². The van der Waals surface area contributed by atoms with Crippen LogP contribution in [0.2, 0.25) is 5.02 Å². The van der Waals surface area contributed by atoms with Crippen molar-refractivity contribution in [1.82, 2.24) is 9.88 Å². The lowest BCUT2D eigenvalue weighted by atomic mass is 10.2. The van der Waals surface area contributed by atoms with Crippen molar-refractivity contribution in [3.05, 3.63) is 40.4 Å². The molecule has 2 rings (SSSR count). The molecular formula is C16H19ClN2O2S. The molecule has 0 saturated carbocycles. The lowest BCUT2D eigenvalue weighted by Gasteiger charge is -2.27. The van der Waals surface area contributed by atoms with E-state index in [1.807, 2.05) is 32.0 Å². The number of hydrogen-bond acceptors (Lipinski definition) is 4. The fourth-order valence-electron chi connectivity index (χ4n) is 2.09. The zero-order chi connectivity index (χ0) is 16.3. The molecule has 1 aromatic carbocycles. The van der Waals surface area contributed by atoms with Crippen molar-refractivity contribution in [1.29, 1.82) is 0 Å². The summed E-state index contributed by atoms with van der Waals surface area (Å²) in [5.74, 6) is -0.119. The van der Waals surface area contributed by atoms with E-state index in [4.69, 9.17) is 11.6 Å². The number of nitrogens with zero attached hydrogens (tertiary/aromatic N) is 2. The van der Waals surface area contributed by atoms with Crippen LogP contribution >= 0.6 is 22.9 Å². The molecule has 118 valence electrons. The second-order valence-corrected chi connectivity index (χ2v) is 6.85. The van der Waals surface area contributed by atoms with Crippen LogP contribution in [-0.2, 0) is 0 Å². The first-order valence-electron chi connectivity index (χ1n) is 7.10. The van der Waals surface area contributed by atoms with Crippen molar-refractivity contribution >= 4 is 28.8 Å². The van der Waals surface area contributed by atoms with E-state index in [-0.39, 0.29) is 11.9 Å². The molecule has 1 amide bonds. The molecule has 1 aromatic heterocycles. The summed E-state index contributed by atoms with van der Waals surface area (Å²) < 4.78 is 0. The Balaban J connectivity index is 2.27. The first-order chi connectivity index (χ1) is 10.4. The third-order valence-corrected chi connectivity index (χ3v) is 4.51. The second kappa shape index (κ2) is 7.22. The molecule has 0 spiro atoms. The average molecular weight is 339 g/mol. The molecule has 0 fully saturated rings.